The number of benzene rings is 1. The van der Waals surface area contributed by atoms with E-state index in [9.17, 15) is 9.59 Å². The second kappa shape index (κ2) is 11.5. The van der Waals surface area contributed by atoms with Gasteiger partial charge in [-0.25, -0.2) is 0 Å². The van der Waals surface area contributed by atoms with Crippen LogP contribution in [0.2, 0.25) is 0 Å². The van der Waals surface area contributed by atoms with Gasteiger partial charge >= 0.3 is 0 Å². The van der Waals surface area contributed by atoms with E-state index in [1.54, 1.807) is 12.0 Å². The van der Waals surface area contributed by atoms with Crippen molar-refractivity contribution in [2.45, 2.75) is 58.2 Å². The minimum Gasteiger partial charge on any atom is -0.497 e. The smallest absolute Gasteiger partial charge is 0.248 e. The number of hydrogen-bond acceptors (Lipinski definition) is 5. The van der Waals surface area contributed by atoms with Crippen molar-refractivity contribution in [3.63, 3.8) is 0 Å². The number of likely N-dealkylation sites (N-methyl/N-ethyl adjacent to an activating group) is 1. The molecule has 0 radical (unpaired) electrons. The molecule has 1 heterocycles. The van der Waals surface area contributed by atoms with Gasteiger partial charge in [0.15, 0.2) is 0 Å². The minimum absolute atomic E-state index is 0.00898. The standard InChI is InChI=1S/C24H37N3O4/c1-4-25(5-2)24(29)18-31-22-15-26(20-8-6-7-9-20)17-23(28)27(16-22)14-19-10-12-21(30-3)13-11-19/h10-13,20,22H,4-9,14-18H2,1-3H3/t22-/m0/s1. The van der Waals surface area contributed by atoms with E-state index in [4.69, 9.17) is 9.47 Å². The number of carbonyl (C=O) groups excluding carboxylic acids is 2. The van der Waals surface area contributed by atoms with Crippen molar-refractivity contribution in [3.05, 3.63) is 29.8 Å². The molecule has 0 N–H and O–H groups in total. The van der Waals surface area contributed by atoms with Crippen LogP contribution >= 0.6 is 0 Å². The van der Waals surface area contributed by atoms with Gasteiger partial charge in [0.05, 0.1) is 19.8 Å². The Morgan fingerprint density at radius 2 is 1.77 bits per heavy atom. The average molecular weight is 432 g/mol. The fraction of sp³-hybridized carbons (Fsp3) is 0.667. The van der Waals surface area contributed by atoms with Crippen LogP contribution in [0.3, 0.4) is 0 Å². The van der Waals surface area contributed by atoms with Crippen molar-refractivity contribution in [3.8, 4) is 5.75 Å². The maximum Gasteiger partial charge on any atom is 0.248 e. The fourth-order valence-corrected chi connectivity index (χ4v) is 4.62. The van der Waals surface area contributed by atoms with Gasteiger partial charge in [0.2, 0.25) is 11.8 Å². The number of ether oxygens (including phenoxy) is 2. The maximum absolute atomic E-state index is 13.1. The van der Waals surface area contributed by atoms with E-state index in [2.05, 4.69) is 4.90 Å². The lowest BCUT2D eigenvalue weighted by molar-refractivity contribution is -0.138. The van der Waals surface area contributed by atoms with E-state index in [1.165, 1.54) is 12.8 Å². The number of rotatable bonds is 9. The van der Waals surface area contributed by atoms with E-state index >= 15 is 0 Å². The molecule has 0 unspecified atom stereocenters. The summed E-state index contributed by atoms with van der Waals surface area (Å²) in [5.41, 5.74) is 1.06. The zero-order valence-corrected chi connectivity index (χ0v) is 19.2. The lowest BCUT2D eigenvalue weighted by atomic mass is 10.2. The summed E-state index contributed by atoms with van der Waals surface area (Å²) in [6, 6.07) is 8.25. The molecule has 1 aromatic carbocycles. The van der Waals surface area contributed by atoms with Gasteiger partial charge in [0.25, 0.3) is 0 Å². The summed E-state index contributed by atoms with van der Waals surface area (Å²) < 4.78 is 11.3. The Morgan fingerprint density at radius 3 is 2.39 bits per heavy atom. The lowest BCUT2D eigenvalue weighted by Crippen LogP contribution is -2.42. The van der Waals surface area contributed by atoms with Crippen molar-refractivity contribution in [2.75, 3.05) is 46.4 Å². The molecule has 1 aliphatic carbocycles. The third-order valence-electron chi connectivity index (χ3n) is 6.49. The molecule has 1 aliphatic heterocycles. The molecule has 0 bridgehead atoms. The summed E-state index contributed by atoms with van der Waals surface area (Å²) in [5.74, 6) is 0.938. The molecule has 1 aromatic rings. The highest BCUT2D eigenvalue weighted by Crippen LogP contribution is 2.25. The highest BCUT2D eigenvalue weighted by atomic mass is 16.5. The number of methoxy groups -OCH3 is 1. The predicted octanol–water partition coefficient (Wildman–Crippen LogP) is 2.54. The predicted molar refractivity (Wildman–Crippen MR) is 120 cm³/mol. The first kappa shape index (κ1) is 23.5. The average Bonchev–Trinajstić information content (AvgIpc) is 3.27. The molecule has 172 valence electrons. The molecule has 7 nitrogen and oxygen atoms in total. The lowest BCUT2D eigenvalue weighted by Gasteiger charge is -2.29. The van der Waals surface area contributed by atoms with E-state index in [-0.39, 0.29) is 24.5 Å². The highest BCUT2D eigenvalue weighted by Gasteiger charge is 2.33. The second-order valence-electron chi connectivity index (χ2n) is 8.49. The Bertz CT molecular complexity index is 714. The van der Waals surface area contributed by atoms with E-state index < -0.39 is 0 Å². The van der Waals surface area contributed by atoms with Crippen molar-refractivity contribution in [1.82, 2.24) is 14.7 Å². The van der Waals surface area contributed by atoms with Crippen molar-refractivity contribution in [2.24, 2.45) is 0 Å². The SMILES string of the molecule is CCN(CC)C(=O)CO[C@@H]1CN(Cc2ccc(OC)cc2)C(=O)CN(C2CCCC2)C1. The number of hydrogen-bond donors (Lipinski definition) is 0. The molecule has 2 aliphatic rings. The molecule has 0 aromatic heterocycles. The summed E-state index contributed by atoms with van der Waals surface area (Å²) in [5, 5.41) is 0. The molecule has 1 atom stereocenters. The summed E-state index contributed by atoms with van der Waals surface area (Å²) in [6.07, 6.45) is 4.53. The zero-order valence-electron chi connectivity index (χ0n) is 19.2. The molecular formula is C24H37N3O4. The summed E-state index contributed by atoms with van der Waals surface area (Å²) in [4.78, 5) is 31.5. The topological polar surface area (TPSA) is 62.3 Å². The molecular weight excluding hydrogens is 394 g/mol. The maximum atomic E-state index is 13.1. The van der Waals surface area contributed by atoms with E-state index in [1.807, 2.05) is 43.0 Å². The van der Waals surface area contributed by atoms with Crippen molar-refractivity contribution >= 4 is 11.8 Å². The molecule has 7 heteroatoms. The second-order valence-corrected chi connectivity index (χ2v) is 8.49. The largest absolute Gasteiger partial charge is 0.497 e. The third-order valence-corrected chi connectivity index (χ3v) is 6.49. The molecule has 2 fully saturated rings. The Hall–Kier alpha value is -2.12. The molecule has 31 heavy (non-hydrogen) atoms. The molecule has 0 spiro atoms. The van der Waals surface area contributed by atoms with Gasteiger partial charge in [-0.05, 0) is 44.4 Å². The van der Waals surface area contributed by atoms with Gasteiger partial charge in [-0.2, -0.15) is 0 Å². The first-order valence-corrected chi connectivity index (χ1v) is 11.6. The zero-order chi connectivity index (χ0) is 22.2. The fourth-order valence-electron chi connectivity index (χ4n) is 4.62. The summed E-state index contributed by atoms with van der Waals surface area (Å²) in [7, 11) is 1.65. The molecule has 3 rings (SSSR count). The third kappa shape index (κ3) is 6.43. The van der Waals surface area contributed by atoms with Gasteiger partial charge in [-0.1, -0.05) is 25.0 Å². The van der Waals surface area contributed by atoms with Gasteiger partial charge in [0, 0.05) is 38.8 Å². The molecule has 1 saturated heterocycles. The van der Waals surface area contributed by atoms with Crippen LogP contribution in [-0.2, 0) is 20.9 Å². The van der Waals surface area contributed by atoms with Crippen LogP contribution in [0.1, 0.15) is 45.1 Å². The van der Waals surface area contributed by atoms with Crippen LogP contribution in [0.25, 0.3) is 0 Å². The highest BCUT2D eigenvalue weighted by molar-refractivity contribution is 5.79. The Balaban J connectivity index is 1.69. The van der Waals surface area contributed by atoms with Crippen LogP contribution in [0, 0.1) is 0 Å². The van der Waals surface area contributed by atoms with Crippen molar-refractivity contribution in [1.29, 1.82) is 0 Å². The number of nitrogens with zero attached hydrogens (tertiary/aromatic N) is 3. The monoisotopic (exact) mass is 431 g/mol. The van der Waals surface area contributed by atoms with Crippen LogP contribution in [0.15, 0.2) is 24.3 Å². The Kier molecular flexibility index (Phi) is 8.72. The van der Waals surface area contributed by atoms with Crippen molar-refractivity contribution < 1.29 is 19.1 Å². The molecule has 2 amide bonds. The van der Waals surface area contributed by atoms with Crippen LogP contribution < -0.4 is 4.74 Å². The van der Waals surface area contributed by atoms with Gasteiger partial charge in [-0.15, -0.1) is 0 Å². The normalized spacial score (nSPS) is 20.7. The first-order chi connectivity index (χ1) is 15.0. The van der Waals surface area contributed by atoms with Gasteiger partial charge in [-0.3, -0.25) is 14.5 Å². The summed E-state index contributed by atoms with van der Waals surface area (Å²) >= 11 is 0. The number of carbonyl (C=O) groups is 2. The minimum atomic E-state index is -0.176. The van der Waals surface area contributed by atoms with E-state index in [0.717, 1.165) is 24.2 Å². The van der Waals surface area contributed by atoms with E-state index in [0.29, 0.717) is 45.3 Å². The van der Waals surface area contributed by atoms with Crippen LogP contribution in [0.5, 0.6) is 5.75 Å². The van der Waals surface area contributed by atoms with Gasteiger partial charge in [0.1, 0.15) is 12.4 Å². The molecule has 1 saturated carbocycles. The number of amides is 2. The first-order valence-electron chi connectivity index (χ1n) is 11.6. The summed E-state index contributed by atoms with van der Waals surface area (Å²) in [6.45, 7) is 7.53. The van der Waals surface area contributed by atoms with Gasteiger partial charge < -0.3 is 19.3 Å². The quantitative estimate of drug-likeness (QED) is 0.601. The van der Waals surface area contributed by atoms with Crippen LogP contribution in [0.4, 0.5) is 0 Å². The Labute approximate surface area is 186 Å². The van der Waals surface area contributed by atoms with Crippen LogP contribution in [-0.4, -0.2) is 85.1 Å². The Morgan fingerprint density at radius 1 is 1.10 bits per heavy atom.